The van der Waals surface area contributed by atoms with Crippen LogP contribution in [-0.2, 0) is 24.5 Å². The minimum Gasteiger partial charge on any atom is -0.394 e. The SMILES string of the molecule is Cn1cnnc1C(c1cc(C2CC2)nc(N2Cc3c(cc(C(CO)NCC4CCC4)cc3C(F)(F)F)C2=O)c1)C1COC1. The van der Waals surface area contributed by atoms with Gasteiger partial charge in [0.1, 0.15) is 18.0 Å². The molecule has 0 spiro atoms. The Labute approximate surface area is 247 Å². The zero-order valence-electron chi connectivity index (χ0n) is 24.0. The maximum absolute atomic E-state index is 14.4. The standard InChI is InChI=1S/C31H35F3N6O3/c1-39-16-36-38-29(39)28(21-14-43-15-21)20-9-25(18-5-6-18)37-27(10-20)40-12-23-22(30(40)42)7-19(8-24(23)31(32,33)34)26(13-41)35-11-17-3-2-4-17/h7-10,16-18,21,26,28,35,41H,2-6,11-15H2,1H3. The van der Waals surface area contributed by atoms with Gasteiger partial charge in [-0.25, -0.2) is 4.98 Å². The van der Waals surface area contributed by atoms with Gasteiger partial charge in [-0.05, 0) is 79.1 Å². The number of hydrogen-bond donors (Lipinski definition) is 2. The molecule has 0 radical (unpaired) electrons. The van der Waals surface area contributed by atoms with Gasteiger partial charge in [-0.1, -0.05) is 6.42 Å². The Morgan fingerprint density at radius 2 is 1.91 bits per heavy atom. The molecule has 12 heteroatoms. The normalized spacial score (nSPS) is 20.6. The van der Waals surface area contributed by atoms with Crippen LogP contribution in [0.25, 0.3) is 0 Å². The average Bonchev–Trinajstić information content (AvgIpc) is 3.62. The van der Waals surface area contributed by atoms with E-state index in [4.69, 9.17) is 9.72 Å². The van der Waals surface area contributed by atoms with Crippen molar-refractivity contribution in [2.75, 3.05) is 31.3 Å². The number of benzene rings is 1. The summed E-state index contributed by atoms with van der Waals surface area (Å²) < 4.78 is 50.7. The van der Waals surface area contributed by atoms with Gasteiger partial charge in [0, 0.05) is 30.1 Å². The number of hydrogen-bond acceptors (Lipinski definition) is 7. The molecule has 1 saturated heterocycles. The number of nitrogens with one attached hydrogen (secondary N) is 1. The Kier molecular flexibility index (Phi) is 7.26. The van der Waals surface area contributed by atoms with Crippen molar-refractivity contribution in [3.8, 4) is 0 Å². The third-order valence-corrected chi connectivity index (χ3v) is 9.48. The molecule has 9 nitrogen and oxygen atoms in total. The lowest BCUT2D eigenvalue weighted by Crippen LogP contribution is -2.35. The van der Waals surface area contributed by atoms with E-state index in [2.05, 4.69) is 15.5 Å². The minimum atomic E-state index is -4.67. The maximum Gasteiger partial charge on any atom is 0.416 e. The van der Waals surface area contributed by atoms with Crippen LogP contribution in [0.5, 0.6) is 0 Å². The van der Waals surface area contributed by atoms with Crippen LogP contribution in [-0.4, -0.2) is 57.1 Å². The van der Waals surface area contributed by atoms with Crippen molar-refractivity contribution in [1.82, 2.24) is 25.1 Å². The van der Waals surface area contributed by atoms with Gasteiger partial charge >= 0.3 is 6.18 Å². The Balaban J connectivity index is 1.26. The van der Waals surface area contributed by atoms with Gasteiger partial charge in [0.2, 0.25) is 0 Å². The first-order valence-corrected chi connectivity index (χ1v) is 15.0. The summed E-state index contributed by atoms with van der Waals surface area (Å²) in [5.41, 5.74) is 1.09. The lowest BCUT2D eigenvalue weighted by molar-refractivity contribution is -0.138. The Hall–Kier alpha value is -3.35. The van der Waals surface area contributed by atoms with Crippen LogP contribution in [0.3, 0.4) is 0 Å². The third kappa shape index (κ3) is 5.33. The molecule has 1 aromatic carbocycles. The zero-order valence-corrected chi connectivity index (χ0v) is 24.0. The van der Waals surface area contributed by atoms with Gasteiger partial charge in [0.25, 0.3) is 5.91 Å². The average molecular weight is 597 g/mol. The Morgan fingerprint density at radius 3 is 2.49 bits per heavy atom. The number of fused-ring (bicyclic) bond motifs is 1. The van der Waals surface area contributed by atoms with Crippen LogP contribution in [0.2, 0.25) is 0 Å². The Morgan fingerprint density at radius 1 is 1.12 bits per heavy atom. The number of pyridine rings is 1. The first-order valence-electron chi connectivity index (χ1n) is 15.0. The van der Waals surface area contributed by atoms with Crippen molar-refractivity contribution in [3.63, 3.8) is 0 Å². The predicted octanol–water partition coefficient (Wildman–Crippen LogP) is 4.47. The highest BCUT2D eigenvalue weighted by Crippen LogP contribution is 2.45. The molecule has 2 atom stereocenters. The van der Waals surface area contributed by atoms with Crippen molar-refractivity contribution in [1.29, 1.82) is 0 Å². The number of anilines is 1. The molecule has 7 rings (SSSR count). The lowest BCUT2D eigenvalue weighted by atomic mass is 9.83. The van der Waals surface area contributed by atoms with E-state index in [-0.39, 0.29) is 47.6 Å². The number of alkyl halides is 3. The van der Waals surface area contributed by atoms with Gasteiger partial charge in [-0.15, -0.1) is 10.2 Å². The number of nitrogens with zero attached hydrogens (tertiary/aromatic N) is 5. The number of aliphatic hydroxyl groups is 1. The second kappa shape index (κ2) is 11.0. The van der Waals surface area contributed by atoms with E-state index in [1.165, 1.54) is 11.0 Å². The largest absolute Gasteiger partial charge is 0.416 e. The molecule has 2 aromatic heterocycles. The van der Waals surface area contributed by atoms with Crippen molar-refractivity contribution in [3.05, 3.63) is 69.9 Å². The molecular weight excluding hydrogens is 561 g/mol. The number of carbonyl (C=O) groups excluding carboxylic acids is 1. The number of halogens is 3. The maximum atomic E-state index is 14.4. The van der Waals surface area contributed by atoms with E-state index in [0.29, 0.717) is 31.5 Å². The summed E-state index contributed by atoms with van der Waals surface area (Å²) in [5, 5.41) is 21.8. The number of aryl methyl sites for hydroxylation is 1. The molecule has 4 heterocycles. The summed E-state index contributed by atoms with van der Waals surface area (Å²) in [6, 6.07) is 5.77. The molecule has 2 aliphatic carbocycles. The molecule has 2 saturated carbocycles. The number of amides is 1. The summed E-state index contributed by atoms with van der Waals surface area (Å²) in [6.07, 6.45) is 2.20. The lowest BCUT2D eigenvalue weighted by Gasteiger charge is -2.34. The van der Waals surface area contributed by atoms with Crippen molar-refractivity contribution >= 4 is 11.7 Å². The molecule has 3 fully saturated rings. The molecule has 43 heavy (non-hydrogen) atoms. The fourth-order valence-corrected chi connectivity index (χ4v) is 6.48. The number of carbonyl (C=O) groups is 1. The molecular formula is C31H35F3N6O3. The van der Waals surface area contributed by atoms with Gasteiger partial charge in [0.15, 0.2) is 0 Å². The molecule has 228 valence electrons. The van der Waals surface area contributed by atoms with E-state index in [9.17, 15) is 23.1 Å². The van der Waals surface area contributed by atoms with Crippen LogP contribution in [0.4, 0.5) is 19.0 Å². The molecule has 1 amide bonds. The molecule has 2 unspecified atom stereocenters. The third-order valence-electron chi connectivity index (χ3n) is 9.48. The predicted molar refractivity (Wildman–Crippen MR) is 150 cm³/mol. The second-order valence-corrected chi connectivity index (χ2v) is 12.5. The highest BCUT2D eigenvalue weighted by Gasteiger charge is 2.42. The quantitative estimate of drug-likeness (QED) is 0.356. The smallest absolute Gasteiger partial charge is 0.394 e. The number of rotatable bonds is 10. The highest BCUT2D eigenvalue weighted by atomic mass is 19.4. The van der Waals surface area contributed by atoms with Gasteiger partial charge in [-0.2, -0.15) is 13.2 Å². The molecule has 2 N–H and O–H groups in total. The van der Waals surface area contributed by atoms with E-state index in [1.807, 2.05) is 23.7 Å². The van der Waals surface area contributed by atoms with Crippen molar-refractivity contribution < 1.29 is 27.8 Å². The number of aliphatic hydroxyl groups excluding tert-OH is 1. The molecule has 4 aliphatic rings. The van der Waals surface area contributed by atoms with E-state index in [1.54, 1.807) is 6.33 Å². The van der Waals surface area contributed by atoms with Crippen LogP contribution in [0.15, 0.2) is 30.6 Å². The van der Waals surface area contributed by atoms with E-state index in [0.717, 1.165) is 55.3 Å². The van der Waals surface area contributed by atoms with Crippen molar-refractivity contribution in [2.45, 2.75) is 62.7 Å². The monoisotopic (exact) mass is 596 g/mol. The summed E-state index contributed by atoms with van der Waals surface area (Å²) in [6.45, 7) is 1.12. The van der Waals surface area contributed by atoms with Gasteiger partial charge < -0.3 is 19.7 Å². The first-order chi connectivity index (χ1) is 20.7. The van der Waals surface area contributed by atoms with Gasteiger partial charge in [-0.3, -0.25) is 9.69 Å². The first kappa shape index (κ1) is 28.4. The second-order valence-electron chi connectivity index (χ2n) is 12.5. The summed E-state index contributed by atoms with van der Waals surface area (Å²) in [5.74, 6) is 1.27. The summed E-state index contributed by atoms with van der Waals surface area (Å²) in [4.78, 5) is 20.1. The van der Waals surface area contributed by atoms with Crippen LogP contribution in [0.1, 0.15) is 94.1 Å². The van der Waals surface area contributed by atoms with E-state index >= 15 is 0 Å². The Bertz CT molecular complexity index is 1530. The fraction of sp³-hybridized carbons (Fsp3) is 0.548. The van der Waals surface area contributed by atoms with Crippen LogP contribution in [0, 0.1) is 11.8 Å². The highest BCUT2D eigenvalue weighted by molar-refractivity contribution is 6.10. The summed E-state index contributed by atoms with van der Waals surface area (Å²) in [7, 11) is 1.88. The van der Waals surface area contributed by atoms with Crippen LogP contribution >= 0.6 is 0 Å². The fourth-order valence-electron chi connectivity index (χ4n) is 6.48. The zero-order chi connectivity index (χ0) is 29.9. The van der Waals surface area contributed by atoms with Crippen LogP contribution < -0.4 is 10.2 Å². The molecule has 3 aromatic rings. The minimum absolute atomic E-state index is 0.00568. The van der Waals surface area contributed by atoms with E-state index < -0.39 is 23.7 Å². The topological polar surface area (TPSA) is 105 Å². The van der Waals surface area contributed by atoms with Gasteiger partial charge in [0.05, 0.1) is 43.9 Å². The number of aromatic nitrogens is 4. The molecule has 2 aliphatic heterocycles. The summed E-state index contributed by atoms with van der Waals surface area (Å²) >= 11 is 0. The molecule has 0 bridgehead atoms. The number of ether oxygens (including phenoxy) is 1. The van der Waals surface area contributed by atoms with Crippen molar-refractivity contribution in [2.24, 2.45) is 18.9 Å².